The van der Waals surface area contributed by atoms with Crippen molar-refractivity contribution in [2.24, 2.45) is 5.92 Å². The third kappa shape index (κ3) is 7.00. The van der Waals surface area contributed by atoms with E-state index in [1.54, 1.807) is 5.32 Å². The smallest absolute Gasteiger partial charge is 0.329 e. The van der Waals surface area contributed by atoms with E-state index >= 15 is 0 Å². The van der Waals surface area contributed by atoms with Crippen LogP contribution in [0.25, 0.3) is 0 Å². The second kappa shape index (κ2) is 6.74. The van der Waals surface area contributed by atoms with Crippen molar-refractivity contribution >= 4 is 11.9 Å². The van der Waals surface area contributed by atoms with Crippen LogP contribution in [0.5, 0.6) is 0 Å². The number of hydrogen-bond acceptors (Lipinski definition) is 2. The zero-order valence-electron chi connectivity index (χ0n) is 10.8. The van der Waals surface area contributed by atoms with E-state index in [1.807, 2.05) is 5.32 Å². The quantitative estimate of drug-likeness (QED) is 0.665. The molecule has 3 amide bonds. The lowest BCUT2D eigenvalue weighted by atomic mass is 10.0. The Balaban J connectivity index is 2.25. The first-order chi connectivity index (χ1) is 8.76. The lowest BCUT2D eigenvalue weighted by molar-refractivity contribution is -0.900. The number of nitrogens with one attached hydrogen (secondary N) is 3. The maximum atomic E-state index is 11.8. The molecule has 1 unspecified atom stereocenters. The second-order valence-corrected chi connectivity index (χ2v) is 4.97. The van der Waals surface area contributed by atoms with Crippen molar-refractivity contribution < 1.29 is 27.7 Å². The highest BCUT2D eigenvalue weighted by molar-refractivity contribution is 5.94. The number of alkyl halides is 3. The van der Waals surface area contributed by atoms with Crippen LogP contribution in [0, 0.1) is 5.92 Å². The van der Waals surface area contributed by atoms with E-state index in [-0.39, 0.29) is 6.54 Å². The highest BCUT2D eigenvalue weighted by Gasteiger charge is 2.28. The highest BCUT2D eigenvalue weighted by Crippen LogP contribution is 2.11. The lowest BCUT2D eigenvalue weighted by Gasteiger charge is -2.27. The first-order valence-corrected chi connectivity index (χ1v) is 6.24. The summed E-state index contributed by atoms with van der Waals surface area (Å²) in [6.07, 6.45) is -2.34. The molecular formula is C11H19F3N3O2+. The van der Waals surface area contributed by atoms with Crippen LogP contribution >= 0.6 is 0 Å². The third-order valence-corrected chi connectivity index (χ3v) is 2.98. The average molecular weight is 282 g/mol. The molecule has 1 fully saturated rings. The zero-order chi connectivity index (χ0) is 14.5. The number of piperidine rings is 1. The Hall–Kier alpha value is -1.31. The summed E-state index contributed by atoms with van der Waals surface area (Å²) in [5, 5.41) is 3.50. The Morgan fingerprint density at radius 2 is 2.05 bits per heavy atom. The van der Waals surface area contributed by atoms with Gasteiger partial charge in [-0.15, -0.1) is 0 Å². The van der Waals surface area contributed by atoms with Gasteiger partial charge in [-0.2, -0.15) is 13.2 Å². The van der Waals surface area contributed by atoms with Gasteiger partial charge in [0, 0.05) is 5.92 Å². The second-order valence-electron chi connectivity index (χ2n) is 4.97. The van der Waals surface area contributed by atoms with E-state index in [0.29, 0.717) is 5.92 Å². The van der Waals surface area contributed by atoms with Crippen molar-refractivity contribution in [2.75, 3.05) is 26.2 Å². The molecule has 0 spiro atoms. The molecule has 1 rings (SSSR count). The number of halogens is 3. The molecule has 0 aliphatic carbocycles. The Kier molecular flexibility index (Phi) is 5.59. The minimum atomic E-state index is -4.48. The summed E-state index contributed by atoms with van der Waals surface area (Å²) in [4.78, 5) is 23.6. The summed E-state index contributed by atoms with van der Waals surface area (Å²) in [5.74, 6) is -0.0284. The van der Waals surface area contributed by atoms with Gasteiger partial charge in [-0.05, 0) is 12.8 Å². The number of imide groups is 1. The molecule has 1 aliphatic heterocycles. The van der Waals surface area contributed by atoms with Crippen LogP contribution in [0.4, 0.5) is 18.0 Å². The normalized spacial score (nSPS) is 23.8. The maximum absolute atomic E-state index is 11.8. The summed E-state index contributed by atoms with van der Waals surface area (Å²) >= 11 is 0. The Bertz CT molecular complexity index is 334. The molecule has 0 aromatic heterocycles. The fraction of sp³-hybridized carbons (Fsp3) is 0.818. The number of hydrogen-bond donors (Lipinski definition) is 3. The first-order valence-electron chi connectivity index (χ1n) is 6.24. The first kappa shape index (κ1) is 15.7. The van der Waals surface area contributed by atoms with Gasteiger partial charge in [-0.25, -0.2) is 4.79 Å². The topological polar surface area (TPSA) is 62.6 Å². The van der Waals surface area contributed by atoms with Gasteiger partial charge in [0.05, 0.1) is 13.1 Å². The number of quaternary nitrogens is 1. The highest BCUT2D eigenvalue weighted by atomic mass is 19.4. The predicted molar refractivity (Wildman–Crippen MR) is 61.6 cm³/mol. The molecule has 1 heterocycles. The van der Waals surface area contributed by atoms with Crippen molar-refractivity contribution in [3.8, 4) is 0 Å². The largest absolute Gasteiger partial charge is 0.405 e. The lowest BCUT2D eigenvalue weighted by Crippen LogP contribution is -3.14. The molecule has 8 heteroatoms. The van der Waals surface area contributed by atoms with Crippen LogP contribution in [0.15, 0.2) is 0 Å². The van der Waals surface area contributed by atoms with Crippen molar-refractivity contribution in [2.45, 2.75) is 25.9 Å². The molecule has 0 aromatic rings. The summed E-state index contributed by atoms with van der Waals surface area (Å²) in [5.41, 5.74) is 0. The number of amides is 3. The fourth-order valence-corrected chi connectivity index (χ4v) is 2.18. The van der Waals surface area contributed by atoms with Gasteiger partial charge in [-0.3, -0.25) is 10.1 Å². The van der Waals surface area contributed by atoms with E-state index < -0.39 is 24.7 Å². The van der Waals surface area contributed by atoms with Gasteiger partial charge in [0.1, 0.15) is 6.54 Å². The SMILES string of the molecule is C[C@@H]1CCC[NH+](CC(=O)NC(=O)NCC(F)(F)F)C1. The van der Waals surface area contributed by atoms with E-state index in [4.69, 9.17) is 0 Å². The van der Waals surface area contributed by atoms with Crippen molar-refractivity contribution in [3.63, 3.8) is 0 Å². The van der Waals surface area contributed by atoms with Crippen LogP contribution in [-0.4, -0.2) is 44.3 Å². The van der Waals surface area contributed by atoms with Gasteiger partial charge in [0.15, 0.2) is 6.54 Å². The third-order valence-electron chi connectivity index (χ3n) is 2.98. The van der Waals surface area contributed by atoms with Gasteiger partial charge >= 0.3 is 12.2 Å². The summed E-state index contributed by atoms with van der Waals surface area (Å²) < 4.78 is 35.5. The average Bonchev–Trinajstić information content (AvgIpc) is 2.25. The van der Waals surface area contributed by atoms with Gasteiger partial charge in [-0.1, -0.05) is 6.92 Å². The number of likely N-dealkylation sites (tertiary alicyclic amines) is 1. The number of rotatable bonds is 3. The molecule has 1 saturated heterocycles. The van der Waals surface area contributed by atoms with E-state index in [1.165, 1.54) is 0 Å². The molecule has 19 heavy (non-hydrogen) atoms. The molecule has 2 atom stereocenters. The van der Waals surface area contributed by atoms with E-state index in [2.05, 4.69) is 6.92 Å². The Morgan fingerprint density at radius 3 is 2.63 bits per heavy atom. The van der Waals surface area contributed by atoms with Crippen molar-refractivity contribution in [1.82, 2.24) is 10.6 Å². The van der Waals surface area contributed by atoms with Crippen molar-refractivity contribution in [3.05, 3.63) is 0 Å². The molecule has 1 aliphatic rings. The predicted octanol–water partition coefficient (Wildman–Crippen LogP) is -0.311. The molecule has 0 aromatic carbocycles. The standard InChI is InChI=1S/C11H18F3N3O2/c1-8-3-2-4-17(5-8)6-9(18)16-10(19)15-7-11(12,13)14/h8H,2-7H2,1H3,(H2,15,16,18,19)/p+1/t8-/m1/s1. The zero-order valence-corrected chi connectivity index (χ0v) is 10.8. The van der Waals surface area contributed by atoms with E-state index in [0.717, 1.165) is 30.8 Å². The maximum Gasteiger partial charge on any atom is 0.405 e. The van der Waals surface area contributed by atoms with Crippen LogP contribution in [0.2, 0.25) is 0 Å². The van der Waals surface area contributed by atoms with E-state index in [9.17, 15) is 22.8 Å². The van der Waals surface area contributed by atoms with Crippen LogP contribution < -0.4 is 15.5 Å². The Labute approximate surface area is 109 Å². The number of carbonyl (C=O) groups is 2. The van der Waals surface area contributed by atoms with Gasteiger partial charge in [0.25, 0.3) is 5.91 Å². The van der Waals surface area contributed by atoms with Crippen LogP contribution in [0.1, 0.15) is 19.8 Å². The molecule has 110 valence electrons. The minimum absolute atomic E-state index is 0.115. The summed E-state index contributed by atoms with van der Waals surface area (Å²) in [7, 11) is 0. The summed E-state index contributed by atoms with van der Waals surface area (Å²) in [6.45, 7) is 2.45. The number of carbonyl (C=O) groups excluding carboxylic acids is 2. The molecule has 0 bridgehead atoms. The van der Waals surface area contributed by atoms with Crippen molar-refractivity contribution in [1.29, 1.82) is 0 Å². The van der Waals surface area contributed by atoms with Crippen LogP contribution in [0.3, 0.4) is 0 Å². The molecule has 0 saturated carbocycles. The molecule has 0 radical (unpaired) electrons. The molecule has 3 N–H and O–H groups in total. The number of urea groups is 1. The fourth-order valence-electron chi connectivity index (χ4n) is 2.18. The minimum Gasteiger partial charge on any atom is -0.329 e. The monoisotopic (exact) mass is 282 g/mol. The molecule has 5 nitrogen and oxygen atoms in total. The van der Waals surface area contributed by atoms with Crippen LogP contribution in [-0.2, 0) is 4.79 Å². The van der Waals surface area contributed by atoms with Gasteiger partial charge < -0.3 is 10.2 Å². The molecular weight excluding hydrogens is 263 g/mol. The Morgan fingerprint density at radius 1 is 1.37 bits per heavy atom. The summed E-state index contributed by atoms with van der Waals surface area (Å²) in [6, 6.07) is -1.10. The van der Waals surface area contributed by atoms with Gasteiger partial charge in [0.2, 0.25) is 0 Å².